The van der Waals surface area contributed by atoms with Crippen LogP contribution in [0.2, 0.25) is 0 Å². The maximum atomic E-state index is 12.9. The van der Waals surface area contributed by atoms with Crippen molar-refractivity contribution >= 4 is 22.6 Å². The number of aromatic nitrogens is 5. The molecule has 2 N–H and O–H groups in total. The van der Waals surface area contributed by atoms with Crippen LogP contribution in [0.25, 0.3) is 16.7 Å². The number of carbonyl (C=O) groups is 1. The lowest BCUT2D eigenvalue weighted by molar-refractivity contribution is 0.0922. The molecule has 3 heterocycles. The van der Waals surface area contributed by atoms with Gasteiger partial charge in [0.05, 0.1) is 23.3 Å². The molecular weight excluding hydrogens is 328 g/mol. The van der Waals surface area contributed by atoms with Crippen LogP contribution < -0.4 is 5.32 Å². The third-order valence-electron chi connectivity index (χ3n) is 4.73. The van der Waals surface area contributed by atoms with Gasteiger partial charge in [-0.1, -0.05) is 32.4 Å². The van der Waals surface area contributed by atoms with Gasteiger partial charge in [-0.05, 0) is 24.1 Å². The lowest BCUT2D eigenvalue weighted by Crippen LogP contribution is -2.33. The Morgan fingerprint density at radius 2 is 2.15 bits per heavy atom. The van der Waals surface area contributed by atoms with Gasteiger partial charge >= 0.3 is 0 Å². The molecule has 1 amide bonds. The maximum Gasteiger partial charge on any atom is 0.257 e. The lowest BCUT2D eigenvalue weighted by Gasteiger charge is -2.22. The molecule has 0 bridgehead atoms. The monoisotopic (exact) mass is 348 g/mol. The minimum Gasteiger partial charge on any atom is -0.342 e. The van der Waals surface area contributed by atoms with Gasteiger partial charge in [0.15, 0.2) is 5.65 Å². The van der Waals surface area contributed by atoms with Crippen molar-refractivity contribution in [2.45, 2.75) is 26.3 Å². The zero-order valence-corrected chi connectivity index (χ0v) is 14.7. The second-order valence-electron chi connectivity index (χ2n) is 6.42. The fourth-order valence-electron chi connectivity index (χ4n) is 3.04. The van der Waals surface area contributed by atoms with Crippen LogP contribution in [0.15, 0.2) is 48.9 Å². The van der Waals surface area contributed by atoms with E-state index in [1.807, 2.05) is 24.3 Å². The quantitative estimate of drug-likeness (QED) is 0.580. The normalized spacial score (nSPS) is 13.8. The SMILES string of the molecule is CC[C@@H](C)[C@H](NC(=O)c1cnn2cccnc12)c1nc2ccccc2[nH]1. The Bertz CT molecular complexity index is 1030. The van der Waals surface area contributed by atoms with E-state index < -0.39 is 0 Å². The van der Waals surface area contributed by atoms with Crippen LogP contribution in [0.4, 0.5) is 0 Å². The van der Waals surface area contributed by atoms with Crippen molar-refractivity contribution in [2.24, 2.45) is 5.92 Å². The molecule has 4 aromatic rings. The predicted octanol–water partition coefficient (Wildman–Crippen LogP) is 3.12. The molecule has 7 heteroatoms. The van der Waals surface area contributed by atoms with E-state index in [-0.39, 0.29) is 17.9 Å². The van der Waals surface area contributed by atoms with Crippen molar-refractivity contribution < 1.29 is 4.79 Å². The van der Waals surface area contributed by atoms with Crippen LogP contribution in [-0.4, -0.2) is 30.5 Å². The van der Waals surface area contributed by atoms with E-state index in [1.54, 1.807) is 29.2 Å². The topological polar surface area (TPSA) is 88.0 Å². The molecule has 1 aromatic carbocycles. The van der Waals surface area contributed by atoms with E-state index >= 15 is 0 Å². The summed E-state index contributed by atoms with van der Waals surface area (Å²) in [5.41, 5.74) is 2.85. The number of imidazole rings is 1. The number of para-hydroxylation sites is 2. The molecule has 0 saturated carbocycles. The van der Waals surface area contributed by atoms with E-state index in [1.165, 1.54) is 0 Å². The average molecular weight is 348 g/mol. The molecule has 132 valence electrons. The lowest BCUT2D eigenvalue weighted by atomic mass is 9.98. The Labute approximate surface area is 150 Å². The van der Waals surface area contributed by atoms with E-state index in [4.69, 9.17) is 0 Å². The number of carbonyl (C=O) groups excluding carboxylic acids is 1. The van der Waals surface area contributed by atoms with Gasteiger partial charge in [-0.15, -0.1) is 0 Å². The second kappa shape index (κ2) is 6.59. The molecule has 2 atom stereocenters. The molecule has 0 aliphatic carbocycles. The summed E-state index contributed by atoms with van der Waals surface area (Å²) in [6.45, 7) is 4.20. The predicted molar refractivity (Wildman–Crippen MR) is 98.7 cm³/mol. The van der Waals surface area contributed by atoms with Crippen LogP contribution in [0.3, 0.4) is 0 Å². The minimum absolute atomic E-state index is 0.204. The first-order valence-electron chi connectivity index (χ1n) is 8.71. The Morgan fingerprint density at radius 3 is 2.96 bits per heavy atom. The number of fused-ring (bicyclic) bond motifs is 2. The summed E-state index contributed by atoms with van der Waals surface area (Å²) in [5, 5.41) is 7.30. The highest BCUT2D eigenvalue weighted by molar-refractivity contribution is 5.99. The Balaban J connectivity index is 1.68. The molecule has 0 unspecified atom stereocenters. The molecule has 0 radical (unpaired) electrons. The third-order valence-corrected chi connectivity index (χ3v) is 4.73. The minimum atomic E-state index is -0.224. The van der Waals surface area contributed by atoms with E-state index in [9.17, 15) is 4.79 Å². The second-order valence-corrected chi connectivity index (χ2v) is 6.42. The van der Waals surface area contributed by atoms with Gasteiger partial charge < -0.3 is 10.3 Å². The van der Waals surface area contributed by atoms with E-state index in [0.717, 1.165) is 23.3 Å². The molecule has 0 aliphatic heterocycles. The molecule has 0 spiro atoms. The van der Waals surface area contributed by atoms with Gasteiger partial charge in [-0.3, -0.25) is 4.79 Å². The maximum absolute atomic E-state index is 12.9. The third kappa shape index (κ3) is 2.81. The van der Waals surface area contributed by atoms with Crippen molar-refractivity contribution in [3.63, 3.8) is 0 Å². The molecule has 0 fully saturated rings. The summed E-state index contributed by atoms with van der Waals surface area (Å²) in [6.07, 6.45) is 5.88. The van der Waals surface area contributed by atoms with Gasteiger partial charge in [0.25, 0.3) is 5.91 Å². The largest absolute Gasteiger partial charge is 0.342 e. The number of aromatic amines is 1. The van der Waals surface area contributed by atoms with Crippen LogP contribution in [0, 0.1) is 5.92 Å². The van der Waals surface area contributed by atoms with E-state index in [2.05, 4.69) is 39.2 Å². The first kappa shape index (κ1) is 16.3. The van der Waals surface area contributed by atoms with Gasteiger partial charge in [0.1, 0.15) is 11.4 Å². The zero-order valence-electron chi connectivity index (χ0n) is 14.7. The Kier molecular flexibility index (Phi) is 4.12. The first-order valence-corrected chi connectivity index (χ1v) is 8.71. The smallest absolute Gasteiger partial charge is 0.257 e. The van der Waals surface area contributed by atoms with Crippen LogP contribution >= 0.6 is 0 Å². The molecule has 26 heavy (non-hydrogen) atoms. The van der Waals surface area contributed by atoms with Crippen molar-refractivity contribution in [1.29, 1.82) is 0 Å². The summed E-state index contributed by atoms with van der Waals surface area (Å²) in [4.78, 5) is 25.2. The van der Waals surface area contributed by atoms with Gasteiger partial charge in [0.2, 0.25) is 0 Å². The first-order chi connectivity index (χ1) is 12.7. The number of hydrogen-bond acceptors (Lipinski definition) is 4. The van der Waals surface area contributed by atoms with Crippen LogP contribution in [0.1, 0.15) is 42.5 Å². The average Bonchev–Trinajstić information content (AvgIpc) is 3.29. The zero-order chi connectivity index (χ0) is 18.1. The summed E-state index contributed by atoms with van der Waals surface area (Å²) >= 11 is 0. The molecule has 3 aromatic heterocycles. The number of nitrogens with one attached hydrogen (secondary N) is 2. The highest BCUT2D eigenvalue weighted by Crippen LogP contribution is 2.25. The molecular formula is C19H20N6O. The number of rotatable bonds is 5. The molecule has 0 aliphatic rings. The molecule has 4 rings (SSSR count). The van der Waals surface area contributed by atoms with Crippen LogP contribution in [0.5, 0.6) is 0 Å². The highest BCUT2D eigenvalue weighted by Gasteiger charge is 2.25. The summed E-state index contributed by atoms with van der Waals surface area (Å²) in [5.74, 6) is 0.775. The van der Waals surface area contributed by atoms with Crippen molar-refractivity contribution in [3.8, 4) is 0 Å². The van der Waals surface area contributed by atoms with Gasteiger partial charge in [-0.25, -0.2) is 14.5 Å². The number of H-pyrrole nitrogens is 1. The van der Waals surface area contributed by atoms with Gasteiger partial charge in [0, 0.05) is 12.4 Å². The summed E-state index contributed by atoms with van der Waals surface area (Å²) in [6, 6.07) is 9.41. The summed E-state index contributed by atoms with van der Waals surface area (Å²) < 4.78 is 1.59. The molecule has 7 nitrogen and oxygen atoms in total. The Hall–Kier alpha value is -3.22. The Morgan fingerprint density at radius 1 is 1.31 bits per heavy atom. The summed E-state index contributed by atoms with van der Waals surface area (Å²) in [7, 11) is 0. The number of hydrogen-bond donors (Lipinski definition) is 2. The fourth-order valence-corrected chi connectivity index (χ4v) is 3.04. The van der Waals surface area contributed by atoms with Crippen molar-refractivity contribution in [2.75, 3.05) is 0 Å². The molecule has 0 saturated heterocycles. The fraction of sp³-hybridized carbons (Fsp3) is 0.263. The van der Waals surface area contributed by atoms with E-state index in [0.29, 0.717) is 11.2 Å². The number of benzene rings is 1. The number of nitrogens with zero attached hydrogens (tertiary/aromatic N) is 4. The van der Waals surface area contributed by atoms with Crippen molar-refractivity contribution in [1.82, 2.24) is 29.9 Å². The standard InChI is InChI=1S/C19H20N6O/c1-3-12(2)16(17-22-14-7-4-5-8-15(14)23-17)24-19(26)13-11-21-25-10-6-9-20-18(13)25/h4-12,16H,3H2,1-2H3,(H,22,23)(H,24,26)/t12-,16+/m1/s1. The highest BCUT2D eigenvalue weighted by atomic mass is 16.1. The van der Waals surface area contributed by atoms with Crippen LogP contribution in [-0.2, 0) is 0 Å². The van der Waals surface area contributed by atoms with Crippen molar-refractivity contribution in [3.05, 3.63) is 60.3 Å². The number of amides is 1. The van der Waals surface area contributed by atoms with Gasteiger partial charge in [-0.2, -0.15) is 5.10 Å².